The molecule has 0 aliphatic carbocycles. The fourth-order valence-corrected chi connectivity index (χ4v) is 2.53. The summed E-state index contributed by atoms with van der Waals surface area (Å²) >= 11 is 0. The van der Waals surface area contributed by atoms with Crippen molar-refractivity contribution in [3.63, 3.8) is 0 Å². The molecule has 0 saturated carbocycles. The molecule has 25 heavy (non-hydrogen) atoms. The summed E-state index contributed by atoms with van der Waals surface area (Å²) in [7, 11) is 3.25. The van der Waals surface area contributed by atoms with E-state index in [4.69, 9.17) is 9.47 Å². The molecule has 0 unspecified atom stereocenters. The summed E-state index contributed by atoms with van der Waals surface area (Å²) in [5, 5.41) is 2.81. The first-order valence-corrected chi connectivity index (χ1v) is 8.00. The summed E-state index contributed by atoms with van der Waals surface area (Å²) < 4.78 is 13.8. The van der Waals surface area contributed by atoms with Gasteiger partial charge in [0.2, 0.25) is 0 Å². The maximum Gasteiger partial charge on any atom is 0.272 e. The minimum absolute atomic E-state index is 0.231. The molecule has 0 bridgehead atoms. The van der Waals surface area contributed by atoms with Crippen LogP contribution in [0.4, 0.5) is 0 Å². The molecule has 0 fully saturated rings. The minimum atomic E-state index is -0.231. The van der Waals surface area contributed by atoms with Gasteiger partial charge < -0.3 is 19.4 Å². The zero-order valence-corrected chi connectivity index (χ0v) is 14.3. The number of carbonyl (C=O) groups is 1. The number of nitrogens with zero attached hydrogens (tertiary/aromatic N) is 4. The van der Waals surface area contributed by atoms with Crippen molar-refractivity contribution in [2.75, 3.05) is 34.0 Å². The molecule has 3 aromatic heterocycles. The predicted molar refractivity (Wildman–Crippen MR) is 92.5 cm³/mol. The topological polar surface area (TPSA) is 82.7 Å². The van der Waals surface area contributed by atoms with Gasteiger partial charge in [0.25, 0.3) is 5.91 Å². The van der Waals surface area contributed by atoms with Gasteiger partial charge in [0.15, 0.2) is 11.5 Å². The number of amides is 1. The second-order valence-electron chi connectivity index (χ2n) is 5.48. The van der Waals surface area contributed by atoms with Crippen LogP contribution in [0.15, 0.2) is 36.9 Å². The number of ether oxygens (including phenoxy) is 2. The summed E-state index contributed by atoms with van der Waals surface area (Å²) in [5.74, 6) is 0.398. The number of fused-ring (bicyclic) bond motifs is 1. The van der Waals surface area contributed by atoms with Crippen LogP contribution in [0.1, 0.15) is 10.5 Å². The zero-order chi connectivity index (χ0) is 17.6. The van der Waals surface area contributed by atoms with Gasteiger partial charge in [-0.2, -0.15) is 0 Å². The number of imidazole rings is 2. The van der Waals surface area contributed by atoms with E-state index in [2.05, 4.69) is 15.3 Å². The fraction of sp³-hybridized carbons (Fsp3) is 0.353. The molecule has 0 aliphatic heterocycles. The Morgan fingerprint density at radius 3 is 2.88 bits per heavy atom. The second-order valence-corrected chi connectivity index (χ2v) is 5.48. The van der Waals surface area contributed by atoms with Crippen LogP contribution in [-0.4, -0.2) is 58.8 Å². The average Bonchev–Trinajstić information content (AvgIpc) is 3.24. The van der Waals surface area contributed by atoms with E-state index in [1.807, 2.05) is 39.6 Å². The first-order chi connectivity index (χ1) is 12.2. The monoisotopic (exact) mass is 343 g/mol. The van der Waals surface area contributed by atoms with Gasteiger partial charge in [-0.05, 0) is 12.1 Å². The summed E-state index contributed by atoms with van der Waals surface area (Å²) in [6.45, 7) is 2.19. The van der Waals surface area contributed by atoms with Gasteiger partial charge >= 0.3 is 0 Å². The van der Waals surface area contributed by atoms with Crippen LogP contribution in [0.5, 0.6) is 0 Å². The SMILES string of the molecule is COCCNC(=O)c1nc(-c2cn(CCOC)cn2)n2ccccc12. The molecule has 132 valence electrons. The number of methoxy groups -OCH3 is 2. The van der Waals surface area contributed by atoms with Crippen molar-refractivity contribution >= 4 is 11.4 Å². The lowest BCUT2D eigenvalue weighted by Gasteiger charge is -2.02. The smallest absolute Gasteiger partial charge is 0.272 e. The van der Waals surface area contributed by atoms with E-state index in [-0.39, 0.29) is 5.91 Å². The molecule has 0 radical (unpaired) electrons. The molecule has 0 aliphatic rings. The maximum absolute atomic E-state index is 12.4. The highest BCUT2D eigenvalue weighted by molar-refractivity contribution is 5.99. The highest BCUT2D eigenvalue weighted by Crippen LogP contribution is 2.21. The number of carbonyl (C=O) groups excluding carboxylic acids is 1. The Morgan fingerprint density at radius 2 is 2.08 bits per heavy atom. The largest absolute Gasteiger partial charge is 0.383 e. The van der Waals surface area contributed by atoms with E-state index >= 15 is 0 Å². The van der Waals surface area contributed by atoms with Crippen LogP contribution in [0, 0.1) is 0 Å². The summed E-state index contributed by atoms with van der Waals surface area (Å²) in [4.78, 5) is 21.4. The predicted octanol–water partition coefficient (Wildman–Crippen LogP) is 1.22. The third-order valence-corrected chi connectivity index (χ3v) is 3.77. The van der Waals surface area contributed by atoms with Crippen LogP contribution in [0.25, 0.3) is 17.0 Å². The molecule has 3 heterocycles. The Kier molecular flexibility index (Phi) is 5.42. The molecule has 1 amide bonds. The van der Waals surface area contributed by atoms with E-state index in [1.54, 1.807) is 20.5 Å². The zero-order valence-electron chi connectivity index (χ0n) is 14.3. The van der Waals surface area contributed by atoms with Crippen LogP contribution < -0.4 is 5.32 Å². The number of hydrogen-bond acceptors (Lipinski definition) is 5. The van der Waals surface area contributed by atoms with Crippen molar-refractivity contribution in [2.45, 2.75) is 6.54 Å². The Bertz CT molecular complexity index is 855. The highest BCUT2D eigenvalue weighted by Gasteiger charge is 2.19. The van der Waals surface area contributed by atoms with Gasteiger partial charge in [-0.15, -0.1) is 0 Å². The maximum atomic E-state index is 12.4. The van der Waals surface area contributed by atoms with Crippen molar-refractivity contribution in [2.24, 2.45) is 0 Å². The number of rotatable bonds is 8. The highest BCUT2D eigenvalue weighted by atomic mass is 16.5. The number of pyridine rings is 1. The van der Waals surface area contributed by atoms with E-state index in [1.165, 1.54) is 0 Å². The molecule has 0 atom stereocenters. The van der Waals surface area contributed by atoms with Gasteiger partial charge in [-0.3, -0.25) is 9.20 Å². The molecule has 8 heteroatoms. The lowest BCUT2D eigenvalue weighted by molar-refractivity contribution is 0.0934. The number of nitrogens with one attached hydrogen (secondary N) is 1. The van der Waals surface area contributed by atoms with Gasteiger partial charge in [0, 0.05) is 39.7 Å². The van der Waals surface area contributed by atoms with Crippen molar-refractivity contribution in [3.8, 4) is 11.5 Å². The second kappa shape index (κ2) is 7.91. The van der Waals surface area contributed by atoms with E-state index in [0.29, 0.717) is 43.5 Å². The third kappa shape index (κ3) is 3.70. The van der Waals surface area contributed by atoms with Crippen LogP contribution in [-0.2, 0) is 16.0 Å². The summed E-state index contributed by atoms with van der Waals surface area (Å²) in [5.41, 5.74) is 1.81. The molecule has 3 rings (SSSR count). The van der Waals surface area contributed by atoms with Gasteiger partial charge in [0.05, 0.1) is 25.1 Å². The molecular formula is C17H21N5O3. The molecular weight excluding hydrogens is 322 g/mol. The van der Waals surface area contributed by atoms with Crippen LogP contribution in [0.2, 0.25) is 0 Å². The Balaban J connectivity index is 1.93. The molecule has 0 aromatic carbocycles. The quantitative estimate of drug-likeness (QED) is 0.622. The standard InChI is InChI=1S/C17H21N5O3/c1-24-9-6-18-17(23)15-14-5-3-4-7-22(14)16(20-15)13-11-21(12-19-13)8-10-25-2/h3-5,7,11-12H,6,8-10H2,1-2H3,(H,18,23). The van der Waals surface area contributed by atoms with Crippen molar-refractivity contribution in [1.82, 2.24) is 24.3 Å². The van der Waals surface area contributed by atoms with Gasteiger partial charge in [-0.25, -0.2) is 9.97 Å². The first kappa shape index (κ1) is 17.1. The molecule has 0 saturated heterocycles. The average molecular weight is 343 g/mol. The fourth-order valence-electron chi connectivity index (χ4n) is 2.53. The molecule has 3 aromatic rings. The van der Waals surface area contributed by atoms with Crippen molar-refractivity contribution in [3.05, 3.63) is 42.6 Å². The first-order valence-electron chi connectivity index (χ1n) is 8.00. The van der Waals surface area contributed by atoms with E-state index in [9.17, 15) is 4.79 Å². The minimum Gasteiger partial charge on any atom is -0.383 e. The van der Waals surface area contributed by atoms with Crippen LogP contribution >= 0.6 is 0 Å². The lowest BCUT2D eigenvalue weighted by atomic mass is 10.3. The van der Waals surface area contributed by atoms with E-state index < -0.39 is 0 Å². The summed E-state index contributed by atoms with van der Waals surface area (Å²) in [6, 6.07) is 5.64. The van der Waals surface area contributed by atoms with Crippen molar-refractivity contribution in [1.29, 1.82) is 0 Å². The Morgan fingerprint density at radius 1 is 1.24 bits per heavy atom. The van der Waals surface area contributed by atoms with Crippen molar-refractivity contribution < 1.29 is 14.3 Å². The third-order valence-electron chi connectivity index (χ3n) is 3.77. The normalized spacial score (nSPS) is 11.1. The molecule has 0 spiro atoms. The van der Waals surface area contributed by atoms with E-state index in [0.717, 1.165) is 5.52 Å². The number of hydrogen-bond donors (Lipinski definition) is 1. The molecule has 8 nitrogen and oxygen atoms in total. The lowest BCUT2D eigenvalue weighted by Crippen LogP contribution is -2.27. The molecule has 1 N–H and O–H groups in total. The summed E-state index contributed by atoms with van der Waals surface area (Å²) in [6.07, 6.45) is 5.50. The van der Waals surface area contributed by atoms with Gasteiger partial charge in [-0.1, -0.05) is 6.07 Å². The van der Waals surface area contributed by atoms with Crippen LogP contribution in [0.3, 0.4) is 0 Å². The Labute approximate surface area is 145 Å². The van der Waals surface area contributed by atoms with Gasteiger partial charge in [0.1, 0.15) is 5.69 Å². The number of aromatic nitrogens is 4. The Hall–Kier alpha value is -2.71.